The summed E-state index contributed by atoms with van der Waals surface area (Å²) in [6.45, 7) is 10.7. The van der Waals surface area contributed by atoms with Crippen LogP contribution < -0.4 is 0 Å². The van der Waals surface area contributed by atoms with Crippen LogP contribution in [0, 0.1) is 46.9 Å². The Morgan fingerprint density at radius 1 is 0.913 bits per heavy atom. The number of nitrogens with zero attached hydrogens (tertiary/aromatic N) is 2. The molecule has 3 aromatic rings. The van der Waals surface area contributed by atoms with Crippen molar-refractivity contribution in [3.63, 3.8) is 0 Å². The Balaban J connectivity index is 0.000000220. The summed E-state index contributed by atoms with van der Waals surface area (Å²) in [6.07, 6.45) is 6.17. The molecule has 3 nitrogen and oxygen atoms in total. The maximum atomic E-state index is 3.87. The van der Waals surface area contributed by atoms with Gasteiger partial charge in [-0.15, -0.1) is 0 Å². The van der Waals surface area contributed by atoms with Gasteiger partial charge in [-0.05, 0) is 6.07 Å². The molecule has 23 heavy (non-hydrogen) atoms. The van der Waals surface area contributed by atoms with Crippen LogP contribution in [0.3, 0.4) is 0 Å². The van der Waals surface area contributed by atoms with Gasteiger partial charge in [-0.25, -0.2) is 0 Å². The second-order valence-electron chi connectivity index (χ2n) is 5.40. The molecule has 4 heteroatoms. The number of pyridine rings is 1. The molecule has 0 atom stereocenters. The van der Waals surface area contributed by atoms with Crippen molar-refractivity contribution < 1.29 is 21.1 Å². The first kappa shape index (κ1) is 19.3. The Kier molecular flexibility index (Phi) is 7.38. The number of hydrogen-bond donors (Lipinski definition) is 1. The Morgan fingerprint density at radius 2 is 1.57 bits per heavy atom. The van der Waals surface area contributed by atoms with Gasteiger partial charge in [-0.1, -0.05) is 52.6 Å². The van der Waals surface area contributed by atoms with Gasteiger partial charge >= 0.3 is 21.1 Å². The van der Waals surface area contributed by atoms with Crippen LogP contribution in [0.15, 0.2) is 30.6 Å². The predicted molar refractivity (Wildman–Crippen MR) is 89.6 cm³/mol. The summed E-state index contributed by atoms with van der Waals surface area (Å²) in [5.41, 5.74) is 8.75. The van der Waals surface area contributed by atoms with Crippen molar-refractivity contribution in [2.45, 2.75) is 34.6 Å². The summed E-state index contributed by atoms with van der Waals surface area (Å²) in [5.74, 6) is 0. The number of aryl methyl sites for hydroxylation is 2. The summed E-state index contributed by atoms with van der Waals surface area (Å²) in [7, 11) is 0. The number of nitrogens with one attached hydrogen (secondary N) is 1. The van der Waals surface area contributed by atoms with E-state index in [1.807, 2.05) is 12.1 Å². The van der Waals surface area contributed by atoms with Gasteiger partial charge in [-0.2, -0.15) is 51.1 Å². The summed E-state index contributed by atoms with van der Waals surface area (Å²) in [5, 5.41) is 6.69. The molecular formula is C19H21N3W. The largest absolute Gasteiger partial charge is 2.00 e. The van der Waals surface area contributed by atoms with Gasteiger partial charge in [0.15, 0.2) is 0 Å². The molecule has 0 saturated heterocycles. The molecular weight excluding hydrogens is 454 g/mol. The second-order valence-corrected chi connectivity index (χ2v) is 5.40. The van der Waals surface area contributed by atoms with Gasteiger partial charge in [0.05, 0.1) is 0 Å². The van der Waals surface area contributed by atoms with E-state index in [1.165, 1.54) is 27.8 Å². The molecule has 2 heterocycles. The summed E-state index contributed by atoms with van der Waals surface area (Å²) < 4.78 is 0. The Labute approximate surface area is 152 Å². The molecule has 2 aromatic heterocycles. The van der Waals surface area contributed by atoms with E-state index in [0.29, 0.717) is 0 Å². The number of hydrogen-bond acceptors (Lipinski definition) is 2. The van der Waals surface area contributed by atoms with Gasteiger partial charge in [0.25, 0.3) is 0 Å². The molecule has 0 aliphatic carbocycles. The first-order valence-electron chi connectivity index (χ1n) is 7.28. The fourth-order valence-electron chi connectivity index (χ4n) is 2.21. The van der Waals surface area contributed by atoms with Crippen molar-refractivity contribution in [1.29, 1.82) is 0 Å². The zero-order chi connectivity index (χ0) is 16.1. The van der Waals surface area contributed by atoms with Gasteiger partial charge in [0.1, 0.15) is 0 Å². The number of H-pyrrole nitrogens is 1. The van der Waals surface area contributed by atoms with E-state index in [1.54, 1.807) is 18.5 Å². The van der Waals surface area contributed by atoms with Gasteiger partial charge in [0.2, 0.25) is 0 Å². The van der Waals surface area contributed by atoms with E-state index in [2.05, 4.69) is 62.1 Å². The van der Waals surface area contributed by atoms with E-state index in [0.717, 1.165) is 11.3 Å². The minimum absolute atomic E-state index is 0. The maximum absolute atomic E-state index is 3.87. The number of benzene rings is 1. The van der Waals surface area contributed by atoms with E-state index in [9.17, 15) is 0 Å². The van der Waals surface area contributed by atoms with Crippen LogP contribution in [0.5, 0.6) is 0 Å². The van der Waals surface area contributed by atoms with Gasteiger partial charge in [0, 0.05) is 11.9 Å². The van der Waals surface area contributed by atoms with Crippen molar-refractivity contribution in [1.82, 2.24) is 15.2 Å². The van der Waals surface area contributed by atoms with E-state index in [4.69, 9.17) is 0 Å². The van der Waals surface area contributed by atoms with Crippen LogP contribution in [0.2, 0.25) is 0 Å². The molecule has 0 radical (unpaired) electrons. The molecule has 0 unspecified atom stereocenters. The molecule has 0 spiro atoms. The molecule has 0 amide bonds. The zero-order valence-corrected chi connectivity index (χ0v) is 17.1. The van der Waals surface area contributed by atoms with Crippen molar-refractivity contribution >= 4 is 0 Å². The molecule has 1 aromatic carbocycles. The third-order valence-corrected chi connectivity index (χ3v) is 4.05. The fraction of sp³-hybridized carbons (Fsp3) is 0.263. The Morgan fingerprint density at radius 3 is 2.04 bits per heavy atom. The first-order chi connectivity index (χ1) is 10.5. The third kappa shape index (κ3) is 4.87. The maximum Gasteiger partial charge on any atom is 2.00 e. The normalized spacial score (nSPS) is 9.61. The fourth-order valence-corrected chi connectivity index (χ4v) is 2.21. The average Bonchev–Trinajstić information content (AvgIpc) is 3.07. The van der Waals surface area contributed by atoms with E-state index < -0.39 is 0 Å². The molecule has 118 valence electrons. The molecule has 0 aliphatic rings. The minimum Gasteiger partial charge on any atom is -0.394 e. The summed E-state index contributed by atoms with van der Waals surface area (Å²) in [6, 6.07) is 8.95. The molecule has 0 saturated carbocycles. The van der Waals surface area contributed by atoms with Crippen molar-refractivity contribution in [2.75, 3.05) is 0 Å². The number of aromatic nitrogens is 3. The number of rotatable bonds is 1. The quantitative estimate of drug-likeness (QED) is 0.534. The predicted octanol–water partition coefficient (Wildman–Crippen LogP) is 4.30. The number of aromatic amines is 1. The molecule has 1 N–H and O–H groups in total. The Hall–Kier alpha value is -1.73. The minimum atomic E-state index is 0. The van der Waals surface area contributed by atoms with Crippen LogP contribution >= 0.6 is 0 Å². The molecule has 0 bridgehead atoms. The Bertz CT molecular complexity index is 709. The van der Waals surface area contributed by atoms with Gasteiger partial charge < -0.3 is 4.98 Å². The van der Waals surface area contributed by atoms with Crippen LogP contribution in [0.4, 0.5) is 0 Å². The summed E-state index contributed by atoms with van der Waals surface area (Å²) >= 11 is 0. The topological polar surface area (TPSA) is 41.6 Å². The second kappa shape index (κ2) is 8.78. The van der Waals surface area contributed by atoms with E-state index >= 15 is 0 Å². The van der Waals surface area contributed by atoms with Crippen LogP contribution in [0.25, 0.3) is 11.3 Å². The van der Waals surface area contributed by atoms with Crippen molar-refractivity contribution in [2.24, 2.45) is 0 Å². The smallest absolute Gasteiger partial charge is 0.394 e. The first-order valence-corrected chi connectivity index (χ1v) is 7.28. The van der Waals surface area contributed by atoms with Gasteiger partial charge in [-0.3, -0.25) is 5.10 Å². The van der Waals surface area contributed by atoms with Crippen LogP contribution in [-0.2, 0) is 21.1 Å². The zero-order valence-electron chi connectivity index (χ0n) is 14.2. The van der Waals surface area contributed by atoms with E-state index in [-0.39, 0.29) is 21.1 Å². The standard InChI is InChI=1S/C11H15.C8H6N3.W/c1-7-6-8(2)10(4)11(5)9(7)3;1-2-7(6-9-4-1)8-3-5-10-11-8;/h1-5H3;1-3,5-6H,(H,10,11);/q2*-1;+2. The monoisotopic (exact) mass is 475 g/mol. The molecule has 0 aliphatic heterocycles. The van der Waals surface area contributed by atoms with Crippen LogP contribution in [0.1, 0.15) is 27.8 Å². The van der Waals surface area contributed by atoms with Crippen molar-refractivity contribution in [3.8, 4) is 11.3 Å². The summed E-state index contributed by atoms with van der Waals surface area (Å²) in [4.78, 5) is 3.87. The van der Waals surface area contributed by atoms with Crippen LogP contribution in [-0.4, -0.2) is 15.2 Å². The molecule has 0 fully saturated rings. The third-order valence-electron chi connectivity index (χ3n) is 4.05. The van der Waals surface area contributed by atoms with Crippen molar-refractivity contribution in [3.05, 3.63) is 70.7 Å². The molecule has 3 rings (SSSR count). The average molecular weight is 475 g/mol. The SMILES string of the molecule is Cc1[c-]c(C)c(C)c(C)c1C.[W+2].[c-]1ccc(-c2ccn[nH]2)cn1.